The lowest BCUT2D eigenvalue weighted by Gasteiger charge is -2.41. The Morgan fingerprint density at radius 2 is 2.11 bits per heavy atom. The number of carbonyl (C=O) groups is 2. The van der Waals surface area contributed by atoms with Crippen LogP contribution in [0.25, 0.3) is 0 Å². The van der Waals surface area contributed by atoms with E-state index in [-0.39, 0.29) is 48.8 Å². The van der Waals surface area contributed by atoms with Gasteiger partial charge in [-0.2, -0.15) is 0 Å². The summed E-state index contributed by atoms with van der Waals surface area (Å²) in [5, 5.41) is 3.09. The predicted octanol–water partition coefficient (Wildman–Crippen LogP) is 1.75. The first-order valence-corrected chi connectivity index (χ1v) is 8.97. The van der Waals surface area contributed by atoms with Crippen LogP contribution in [0.2, 0.25) is 0 Å². The number of rotatable bonds is 4. The topological polar surface area (TPSA) is 74.8 Å². The fourth-order valence-corrected chi connectivity index (χ4v) is 3.45. The Morgan fingerprint density at radius 1 is 1.33 bits per heavy atom. The number of piperazine rings is 1. The van der Waals surface area contributed by atoms with Crippen LogP contribution in [0.4, 0.5) is 0 Å². The number of likely N-dealkylation sites (tertiary alicyclic amines) is 1. The third-order valence-corrected chi connectivity index (χ3v) is 4.59. The number of amides is 2. The first-order chi connectivity index (χ1) is 12.1. The number of aromatic nitrogens is 1. The van der Waals surface area contributed by atoms with Crippen LogP contribution in [0.1, 0.15) is 37.2 Å². The second kappa shape index (κ2) is 10.7. The lowest BCUT2D eigenvalue weighted by atomic mass is 10.0. The second-order valence-corrected chi connectivity index (χ2v) is 6.83. The van der Waals surface area contributed by atoms with Crippen molar-refractivity contribution in [1.29, 1.82) is 0 Å². The minimum absolute atomic E-state index is 0. The largest absolute Gasteiger partial charge is 0.489 e. The van der Waals surface area contributed by atoms with Crippen molar-refractivity contribution in [3.63, 3.8) is 0 Å². The minimum Gasteiger partial charge on any atom is -0.489 e. The van der Waals surface area contributed by atoms with Gasteiger partial charge < -0.3 is 19.9 Å². The standard InChI is InChI=1S/C18H26N4O3.2ClH/c1-13(2)25-15-6-3-7-20-17(15)18(24)21-9-4-5-14(12-21)22-10-8-19-11-16(22)23;;/h3,6-7,13-14,19H,4-5,8-12H2,1-2H3;2*1H. The van der Waals surface area contributed by atoms with Crippen LogP contribution >= 0.6 is 24.8 Å². The number of nitrogens with one attached hydrogen (secondary N) is 1. The van der Waals surface area contributed by atoms with Gasteiger partial charge in [-0.15, -0.1) is 24.8 Å². The number of halogens is 2. The summed E-state index contributed by atoms with van der Waals surface area (Å²) >= 11 is 0. The van der Waals surface area contributed by atoms with Crippen molar-refractivity contribution in [2.24, 2.45) is 0 Å². The molecule has 0 aliphatic carbocycles. The summed E-state index contributed by atoms with van der Waals surface area (Å²) in [5.74, 6) is 0.513. The van der Waals surface area contributed by atoms with Crippen molar-refractivity contribution in [2.45, 2.75) is 38.8 Å². The number of piperidine rings is 1. The Balaban J connectivity index is 0.00000182. The Kier molecular flexibility index (Phi) is 9.29. The Hall–Kier alpha value is -1.57. The normalized spacial score (nSPS) is 20.0. The van der Waals surface area contributed by atoms with E-state index in [1.807, 2.05) is 18.7 Å². The van der Waals surface area contributed by atoms with Crippen LogP contribution in [0.3, 0.4) is 0 Å². The zero-order valence-corrected chi connectivity index (χ0v) is 17.4. The zero-order chi connectivity index (χ0) is 17.8. The summed E-state index contributed by atoms with van der Waals surface area (Å²) in [5.41, 5.74) is 0.350. The van der Waals surface area contributed by atoms with Crippen LogP contribution in [0.15, 0.2) is 18.3 Å². The van der Waals surface area contributed by atoms with E-state index in [9.17, 15) is 9.59 Å². The number of pyridine rings is 1. The molecule has 0 bridgehead atoms. The molecule has 2 amide bonds. The fraction of sp³-hybridized carbons (Fsp3) is 0.611. The first-order valence-electron chi connectivity index (χ1n) is 8.97. The average molecular weight is 419 g/mol. The molecule has 0 radical (unpaired) electrons. The summed E-state index contributed by atoms with van der Waals surface area (Å²) in [4.78, 5) is 33.1. The van der Waals surface area contributed by atoms with Gasteiger partial charge in [0.2, 0.25) is 5.91 Å². The molecular weight excluding hydrogens is 391 g/mol. The van der Waals surface area contributed by atoms with Crippen molar-refractivity contribution in [2.75, 3.05) is 32.7 Å². The number of nitrogens with zero attached hydrogens (tertiary/aromatic N) is 3. The highest BCUT2D eigenvalue weighted by Gasteiger charge is 2.33. The molecule has 2 saturated heterocycles. The molecule has 152 valence electrons. The molecule has 1 atom stereocenters. The summed E-state index contributed by atoms with van der Waals surface area (Å²) in [6.45, 7) is 6.99. The van der Waals surface area contributed by atoms with Gasteiger partial charge in [0, 0.05) is 38.4 Å². The highest BCUT2D eigenvalue weighted by atomic mass is 35.5. The maximum absolute atomic E-state index is 13.0. The van der Waals surface area contributed by atoms with Crippen molar-refractivity contribution in [3.05, 3.63) is 24.0 Å². The molecule has 1 unspecified atom stereocenters. The van der Waals surface area contributed by atoms with Crippen LogP contribution in [0.5, 0.6) is 5.75 Å². The van der Waals surface area contributed by atoms with Gasteiger partial charge in [0.1, 0.15) is 0 Å². The minimum atomic E-state index is -0.122. The monoisotopic (exact) mass is 418 g/mol. The van der Waals surface area contributed by atoms with E-state index in [1.54, 1.807) is 23.2 Å². The molecule has 1 N–H and O–H groups in total. The van der Waals surface area contributed by atoms with Crippen LogP contribution in [-0.2, 0) is 4.79 Å². The molecule has 3 rings (SSSR count). The van der Waals surface area contributed by atoms with Crippen LogP contribution in [0, 0.1) is 0 Å². The van der Waals surface area contributed by atoms with Gasteiger partial charge >= 0.3 is 0 Å². The number of hydrogen-bond acceptors (Lipinski definition) is 5. The quantitative estimate of drug-likeness (QED) is 0.805. The lowest BCUT2D eigenvalue weighted by molar-refractivity contribution is -0.135. The molecule has 9 heteroatoms. The summed E-state index contributed by atoms with van der Waals surface area (Å²) in [6, 6.07) is 3.64. The first kappa shape index (κ1) is 23.5. The summed E-state index contributed by atoms with van der Waals surface area (Å²) in [6.07, 6.45) is 3.42. The van der Waals surface area contributed by atoms with E-state index in [0.717, 1.165) is 19.4 Å². The van der Waals surface area contributed by atoms with E-state index < -0.39 is 0 Å². The molecule has 2 aliphatic rings. The molecule has 1 aromatic rings. The van der Waals surface area contributed by atoms with Gasteiger partial charge in [-0.25, -0.2) is 4.98 Å². The second-order valence-electron chi connectivity index (χ2n) is 6.83. The highest BCUT2D eigenvalue weighted by molar-refractivity contribution is 5.95. The fourth-order valence-electron chi connectivity index (χ4n) is 3.45. The molecule has 0 aromatic carbocycles. The van der Waals surface area contributed by atoms with E-state index in [4.69, 9.17) is 4.74 Å². The van der Waals surface area contributed by atoms with E-state index in [1.165, 1.54) is 0 Å². The Morgan fingerprint density at radius 3 is 2.81 bits per heavy atom. The molecular formula is C18H28Cl2N4O3. The Labute approximate surface area is 172 Å². The molecule has 2 fully saturated rings. The van der Waals surface area contributed by atoms with E-state index in [0.29, 0.717) is 37.6 Å². The summed E-state index contributed by atoms with van der Waals surface area (Å²) in [7, 11) is 0. The Bertz CT molecular complexity index is 645. The van der Waals surface area contributed by atoms with Crippen molar-refractivity contribution in [1.82, 2.24) is 20.1 Å². The zero-order valence-electron chi connectivity index (χ0n) is 15.7. The number of carbonyl (C=O) groups excluding carboxylic acids is 2. The third kappa shape index (κ3) is 5.70. The SMILES string of the molecule is CC(C)Oc1cccnc1C(=O)N1CCCC(N2CCNCC2=O)C1.Cl.Cl. The average Bonchev–Trinajstić information content (AvgIpc) is 2.62. The predicted molar refractivity (Wildman–Crippen MR) is 108 cm³/mol. The van der Waals surface area contributed by atoms with Gasteiger partial charge in [0.25, 0.3) is 5.91 Å². The van der Waals surface area contributed by atoms with Crippen molar-refractivity contribution >= 4 is 36.6 Å². The third-order valence-electron chi connectivity index (χ3n) is 4.59. The molecule has 3 heterocycles. The van der Waals surface area contributed by atoms with Gasteiger partial charge in [-0.1, -0.05) is 0 Å². The summed E-state index contributed by atoms with van der Waals surface area (Å²) < 4.78 is 5.73. The van der Waals surface area contributed by atoms with Crippen molar-refractivity contribution < 1.29 is 14.3 Å². The van der Waals surface area contributed by atoms with Crippen LogP contribution in [-0.4, -0.2) is 71.5 Å². The van der Waals surface area contributed by atoms with Gasteiger partial charge in [0.15, 0.2) is 11.4 Å². The van der Waals surface area contributed by atoms with E-state index in [2.05, 4.69) is 10.3 Å². The maximum Gasteiger partial charge on any atom is 0.276 e. The maximum atomic E-state index is 13.0. The van der Waals surface area contributed by atoms with Gasteiger partial charge in [-0.3, -0.25) is 9.59 Å². The molecule has 27 heavy (non-hydrogen) atoms. The molecule has 1 aromatic heterocycles. The molecule has 0 spiro atoms. The highest BCUT2D eigenvalue weighted by Crippen LogP contribution is 2.23. The molecule has 7 nitrogen and oxygen atoms in total. The number of ether oxygens (including phenoxy) is 1. The van der Waals surface area contributed by atoms with Crippen LogP contribution < -0.4 is 10.1 Å². The van der Waals surface area contributed by atoms with E-state index >= 15 is 0 Å². The van der Waals surface area contributed by atoms with Gasteiger partial charge in [0.05, 0.1) is 12.6 Å². The molecule has 2 aliphatic heterocycles. The lowest BCUT2D eigenvalue weighted by Crippen LogP contribution is -2.57. The van der Waals surface area contributed by atoms with Crippen molar-refractivity contribution in [3.8, 4) is 5.75 Å². The molecule has 0 saturated carbocycles. The van der Waals surface area contributed by atoms with Gasteiger partial charge in [-0.05, 0) is 38.8 Å². The smallest absolute Gasteiger partial charge is 0.276 e. The number of hydrogen-bond donors (Lipinski definition) is 1.